The molecule has 1 rings (SSSR count). The second kappa shape index (κ2) is 4.65. The number of hydrogen-bond donors (Lipinski definition) is 0. The van der Waals surface area contributed by atoms with E-state index >= 15 is 0 Å². The second-order valence-electron chi connectivity index (χ2n) is 3.11. The molecule has 3 heteroatoms. The van der Waals surface area contributed by atoms with Crippen LogP contribution >= 0.6 is 0 Å². The number of rotatable bonds is 4. The fraction of sp³-hybridized carbons (Fsp3) is 0.364. The number of anilines is 1. The first kappa shape index (κ1) is 10.6. The Hall–Kier alpha value is -1.51. The molecule has 0 unspecified atom stereocenters. The van der Waals surface area contributed by atoms with E-state index < -0.39 is 0 Å². The van der Waals surface area contributed by atoms with E-state index in [4.69, 9.17) is 4.74 Å². The predicted molar refractivity (Wildman–Crippen MR) is 56.7 cm³/mol. The summed E-state index contributed by atoms with van der Waals surface area (Å²) in [5.41, 5.74) is 1.48. The van der Waals surface area contributed by atoms with E-state index in [0.29, 0.717) is 17.9 Å². The molecule has 0 aliphatic carbocycles. The summed E-state index contributed by atoms with van der Waals surface area (Å²) in [6.07, 6.45) is 1.85. The average Bonchev–Trinajstić information content (AvgIpc) is 2.18. The molecule has 0 saturated carbocycles. The molecule has 0 heterocycles. The van der Waals surface area contributed by atoms with Crippen LogP contribution in [0.15, 0.2) is 18.2 Å². The van der Waals surface area contributed by atoms with Crippen molar-refractivity contribution in [1.82, 2.24) is 0 Å². The van der Waals surface area contributed by atoms with E-state index in [0.717, 1.165) is 5.69 Å². The Bertz CT molecular complexity index is 321. The predicted octanol–water partition coefficient (Wildman–Crippen LogP) is 1.61. The third-order valence-corrected chi connectivity index (χ3v) is 1.89. The molecular weight excluding hydrogens is 178 g/mol. The first-order chi connectivity index (χ1) is 6.69. The Labute approximate surface area is 84.3 Å². The SMILES string of the molecule is CCOc1cc(N(C)C)ccc1[C]=O. The topological polar surface area (TPSA) is 29.5 Å². The minimum Gasteiger partial charge on any atom is -0.493 e. The molecule has 1 aromatic rings. The molecule has 1 aromatic carbocycles. The van der Waals surface area contributed by atoms with E-state index in [2.05, 4.69) is 0 Å². The smallest absolute Gasteiger partial charge is 0.237 e. The van der Waals surface area contributed by atoms with Crippen LogP contribution < -0.4 is 9.64 Å². The van der Waals surface area contributed by atoms with Crippen LogP contribution in [-0.2, 0) is 4.79 Å². The molecule has 0 aliphatic rings. The monoisotopic (exact) mass is 192 g/mol. The van der Waals surface area contributed by atoms with Crippen molar-refractivity contribution in [3.05, 3.63) is 23.8 Å². The highest BCUT2D eigenvalue weighted by atomic mass is 16.5. The Kier molecular flexibility index (Phi) is 3.51. The third-order valence-electron chi connectivity index (χ3n) is 1.89. The Morgan fingerprint density at radius 1 is 1.43 bits per heavy atom. The first-order valence-corrected chi connectivity index (χ1v) is 4.51. The molecule has 0 bridgehead atoms. The Balaban J connectivity index is 3.06. The molecule has 0 aromatic heterocycles. The van der Waals surface area contributed by atoms with E-state index in [1.54, 1.807) is 6.07 Å². The summed E-state index contributed by atoms with van der Waals surface area (Å²) in [5.74, 6) is 0.591. The van der Waals surface area contributed by atoms with Gasteiger partial charge < -0.3 is 9.64 Å². The van der Waals surface area contributed by atoms with Gasteiger partial charge >= 0.3 is 0 Å². The largest absolute Gasteiger partial charge is 0.493 e. The van der Waals surface area contributed by atoms with Gasteiger partial charge in [-0.3, -0.25) is 4.79 Å². The lowest BCUT2D eigenvalue weighted by Crippen LogP contribution is -2.09. The van der Waals surface area contributed by atoms with Gasteiger partial charge in [0.25, 0.3) is 0 Å². The molecule has 0 fully saturated rings. The molecule has 0 N–H and O–H groups in total. The zero-order valence-corrected chi connectivity index (χ0v) is 8.70. The van der Waals surface area contributed by atoms with Crippen LogP contribution in [-0.4, -0.2) is 27.0 Å². The summed E-state index contributed by atoms with van der Waals surface area (Å²) in [7, 11) is 3.88. The summed E-state index contributed by atoms with van der Waals surface area (Å²) in [6.45, 7) is 2.43. The third kappa shape index (κ3) is 2.25. The Morgan fingerprint density at radius 3 is 2.64 bits per heavy atom. The lowest BCUT2D eigenvalue weighted by Gasteiger charge is -2.14. The van der Waals surface area contributed by atoms with Gasteiger partial charge in [0.1, 0.15) is 5.75 Å². The number of ether oxygens (including phenoxy) is 1. The number of nitrogens with zero attached hydrogens (tertiary/aromatic N) is 1. The molecule has 3 nitrogen and oxygen atoms in total. The zero-order chi connectivity index (χ0) is 10.6. The first-order valence-electron chi connectivity index (χ1n) is 4.51. The van der Waals surface area contributed by atoms with Gasteiger partial charge in [-0.1, -0.05) is 0 Å². The van der Waals surface area contributed by atoms with Gasteiger partial charge in [-0.15, -0.1) is 0 Å². The lowest BCUT2D eigenvalue weighted by molar-refractivity contribution is 0.339. The highest BCUT2D eigenvalue weighted by molar-refractivity contribution is 5.81. The number of carbonyl (C=O) groups excluding carboxylic acids is 1. The van der Waals surface area contributed by atoms with Crippen molar-refractivity contribution in [2.75, 3.05) is 25.6 Å². The highest BCUT2D eigenvalue weighted by Crippen LogP contribution is 2.23. The molecule has 1 radical (unpaired) electrons. The second-order valence-corrected chi connectivity index (χ2v) is 3.11. The van der Waals surface area contributed by atoms with E-state index in [1.165, 1.54) is 0 Å². The normalized spacial score (nSPS) is 9.64. The minimum absolute atomic E-state index is 0.470. The molecule has 0 saturated heterocycles. The fourth-order valence-electron chi connectivity index (χ4n) is 1.15. The summed E-state index contributed by atoms with van der Waals surface area (Å²) < 4.78 is 5.33. The molecular formula is C11H14NO2. The van der Waals surface area contributed by atoms with Gasteiger partial charge in [0, 0.05) is 25.8 Å². The van der Waals surface area contributed by atoms with Crippen molar-refractivity contribution in [2.24, 2.45) is 0 Å². The maximum Gasteiger partial charge on any atom is 0.237 e. The van der Waals surface area contributed by atoms with Crippen molar-refractivity contribution in [2.45, 2.75) is 6.92 Å². The molecule has 75 valence electrons. The van der Waals surface area contributed by atoms with Gasteiger partial charge in [0.15, 0.2) is 0 Å². The number of benzene rings is 1. The molecule has 14 heavy (non-hydrogen) atoms. The van der Waals surface area contributed by atoms with Crippen LogP contribution in [0.25, 0.3) is 0 Å². The molecule has 0 aliphatic heterocycles. The fourth-order valence-corrected chi connectivity index (χ4v) is 1.15. The van der Waals surface area contributed by atoms with Crippen molar-refractivity contribution in [3.8, 4) is 5.75 Å². The van der Waals surface area contributed by atoms with Crippen LogP contribution in [0.1, 0.15) is 12.5 Å². The lowest BCUT2D eigenvalue weighted by atomic mass is 10.2. The van der Waals surface area contributed by atoms with Crippen molar-refractivity contribution >= 4 is 12.0 Å². The Morgan fingerprint density at radius 2 is 2.14 bits per heavy atom. The van der Waals surface area contributed by atoms with Gasteiger partial charge in [-0.2, -0.15) is 0 Å². The number of hydrogen-bond acceptors (Lipinski definition) is 3. The minimum atomic E-state index is 0.470. The zero-order valence-electron chi connectivity index (χ0n) is 8.70. The van der Waals surface area contributed by atoms with Crippen molar-refractivity contribution in [3.63, 3.8) is 0 Å². The molecule has 0 atom stereocenters. The van der Waals surface area contributed by atoms with Crippen molar-refractivity contribution in [1.29, 1.82) is 0 Å². The maximum absolute atomic E-state index is 10.6. The maximum atomic E-state index is 10.6. The van der Waals surface area contributed by atoms with Gasteiger partial charge in [0.2, 0.25) is 6.29 Å². The molecule has 0 amide bonds. The summed E-state index contributed by atoms with van der Waals surface area (Å²) >= 11 is 0. The standard InChI is InChI=1S/C11H14NO2/c1-4-14-11-7-10(12(2)3)6-5-9(11)8-13/h5-7H,4H2,1-3H3. The highest BCUT2D eigenvalue weighted by Gasteiger charge is 2.05. The van der Waals surface area contributed by atoms with Gasteiger partial charge in [-0.05, 0) is 19.1 Å². The quantitative estimate of drug-likeness (QED) is 0.725. The van der Waals surface area contributed by atoms with Crippen LogP contribution in [0.5, 0.6) is 5.75 Å². The van der Waals surface area contributed by atoms with E-state index in [1.807, 2.05) is 44.3 Å². The van der Waals surface area contributed by atoms with E-state index in [-0.39, 0.29) is 0 Å². The summed E-state index contributed by atoms with van der Waals surface area (Å²) in [4.78, 5) is 12.5. The average molecular weight is 192 g/mol. The van der Waals surface area contributed by atoms with Crippen LogP contribution in [0.2, 0.25) is 0 Å². The van der Waals surface area contributed by atoms with E-state index in [9.17, 15) is 4.79 Å². The molecule has 0 spiro atoms. The van der Waals surface area contributed by atoms with Crippen LogP contribution in [0.4, 0.5) is 5.69 Å². The van der Waals surface area contributed by atoms with Crippen LogP contribution in [0.3, 0.4) is 0 Å². The van der Waals surface area contributed by atoms with Gasteiger partial charge in [0.05, 0.1) is 12.2 Å². The summed E-state index contributed by atoms with van der Waals surface area (Å²) in [5, 5.41) is 0. The van der Waals surface area contributed by atoms with Crippen LogP contribution in [0, 0.1) is 0 Å². The summed E-state index contributed by atoms with van der Waals surface area (Å²) in [6, 6.07) is 5.42. The van der Waals surface area contributed by atoms with Crippen molar-refractivity contribution < 1.29 is 9.53 Å². The van der Waals surface area contributed by atoms with Gasteiger partial charge in [-0.25, -0.2) is 0 Å².